The molecule has 0 saturated carbocycles. The zero-order valence-corrected chi connectivity index (χ0v) is 8.90. The largest absolute Gasteiger partial charge is 0.385 e. The van der Waals surface area contributed by atoms with Gasteiger partial charge < -0.3 is 5.32 Å². The number of likely N-dealkylation sites (N-methyl/N-ethyl adjacent to an activating group) is 1. The minimum Gasteiger partial charge on any atom is -0.385 e. The van der Waals surface area contributed by atoms with Crippen LogP contribution in [-0.2, 0) is 0 Å². The van der Waals surface area contributed by atoms with E-state index in [0.29, 0.717) is 0 Å². The first-order valence-electron chi connectivity index (χ1n) is 5.02. The summed E-state index contributed by atoms with van der Waals surface area (Å²) in [6.07, 6.45) is 7.32. The van der Waals surface area contributed by atoms with Crippen LogP contribution in [-0.4, -0.2) is 6.54 Å². The second-order valence-electron chi connectivity index (χ2n) is 2.98. The number of unbranched alkanes of at least 4 members (excludes halogenated alkanes) is 1. The minimum atomic E-state index is 0.935. The molecule has 1 N–H and O–H groups in total. The van der Waals surface area contributed by atoms with Gasteiger partial charge in [0.25, 0.3) is 0 Å². The lowest BCUT2D eigenvalue weighted by Crippen LogP contribution is -2.12. The smallest absolute Gasteiger partial charge is 0.0366 e. The lowest BCUT2D eigenvalue weighted by Gasteiger charge is -2.09. The van der Waals surface area contributed by atoms with Crippen molar-refractivity contribution in [1.82, 2.24) is 5.32 Å². The molecule has 0 aliphatic carbocycles. The molecule has 0 aromatic heterocycles. The van der Waals surface area contributed by atoms with Crippen LogP contribution in [0.1, 0.15) is 33.1 Å². The third-order valence-electron chi connectivity index (χ3n) is 1.96. The summed E-state index contributed by atoms with van der Waals surface area (Å²) in [4.78, 5) is 0. The van der Waals surface area contributed by atoms with Gasteiger partial charge in [0.2, 0.25) is 0 Å². The van der Waals surface area contributed by atoms with Crippen molar-refractivity contribution in [3.8, 4) is 0 Å². The monoisotopic (exact) mass is 179 g/mol. The highest BCUT2D eigenvalue weighted by Crippen LogP contribution is 2.12. The van der Waals surface area contributed by atoms with Gasteiger partial charge in [-0.25, -0.2) is 0 Å². The van der Waals surface area contributed by atoms with E-state index in [9.17, 15) is 0 Å². The van der Waals surface area contributed by atoms with Gasteiger partial charge in [0, 0.05) is 12.2 Å². The van der Waals surface area contributed by atoms with Crippen LogP contribution in [0.5, 0.6) is 0 Å². The Morgan fingerprint density at radius 1 is 1.23 bits per heavy atom. The molecule has 1 heteroatoms. The zero-order chi connectivity index (χ0) is 10.1. The minimum absolute atomic E-state index is 0.935. The van der Waals surface area contributed by atoms with E-state index in [1.807, 2.05) is 12.2 Å². The van der Waals surface area contributed by atoms with Gasteiger partial charge in [-0.3, -0.25) is 0 Å². The van der Waals surface area contributed by atoms with Gasteiger partial charge >= 0.3 is 0 Å². The summed E-state index contributed by atoms with van der Waals surface area (Å²) in [7, 11) is 0. The molecular weight excluding hydrogens is 158 g/mol. The number of rotatable bonds is 7. The summed E-state index contributed by atoms with van der Waals surface area (Å²) >= 11 is 0. The Bertz CT molecular complexity index is 189. The third kappa shape index (κ3) is 4.56. The van der Waals surface area contributed by atoms with E-state index in [4.69, 9.17) is 0 Å². The molecule has 13 heavy (non-hydrogen) atoms. The quantitative estimate of drug-likeness (QED) is 0.590. The lowest BCUT2D eigenvalue weighted by atomic mass is 10.1. The van der Waals surface area contributed by atoms with Crippen LogP contribution in [0.3, 0.4) is 0 Å². The normalized spacial score (nSPS) is 11.8. The van der Waals surface area contributed by atoms with E-state index in [1.165, 1.54) is 18.4 Å². The molecule has 0 aliphatic rings. The number of hydrogen-bond acceptors (Lipinski definition) is 1. The second-order valence-corrected chi connectivity index (χ2v) is 2.98. The molecule has 0 spiro atoms. The lowest BCUT2D eigenvalue weighted by molar-refractivity contribution is 0.776. The molecular formula is C12H21N. The molecule has 0 heterocycles. The Hall–Kier alpha value is -0.980. The van der Waals surface area contributed by atoms with E-state index in [-0.39, 0.29) is 0 Å². The van der Waals surface area contributed by atoms with Gasteiger partial charge in [-0.2, -0.15) is 0 Å². The van der Waals surface area contributed by atoms with Crippen LogP contribution in [0.4, 0.5) is 0 Å². The molecule has 0 aliphatic heterocycles. The highest BCUT2D eigenvalue weighted by Gasteiger charge is 1.98. The number of nitrogens with one attached hydrogen (secondary N) is 1. The van der Waals surface area contributed by atoms with Crippen molar-refractivity contribution in [3.05, 3.63) is 36.6 Å². The molecule has 0 atom stereocenters. The van der Waals surface area contributed by atoms with Gasteiger partial charge in [-0.15, -0.1) is 0 Å². The Labute approximate surface area is 82.2 Å². The highest BCUT2D eigenvalue weighted by molar-refractivity contribution is 5.29. The average Bonchev–Trinajstić information content (AvgIpc) is 2.17. The van der Waals surface area contributed by atoms with E-state index >= 15 is 0 Å². The predicted octanol–water partition coefficient (Wildman–Crippen LogP) is 3.41. The fourth-order valence-electron chi connectivity index (χ4n) is 1.22. The molecule has 0 fully saturated rings. The number of hydrogen-bond donors (Lipinski definition) is 1. The van der Waals surface area contributed by atoms with Crippen LogP contribution >= 0.6 is 0 Å². The van der Waals surface area contributed by atoms with Crippen LogP contribution in [0.2, 0.25) is 0 Å². The van der Waals surface area contributed by atoms with Crippen molar-refractivity contribution in [2.75, 3.05) is 6.54 Å². The van der Waals surface area contributed by atoms with Gasteiger partial charge in [-0.05, 0) is 31.4 Å². The maximum Gasteiger partial charge on any atom is 0.0366 e. The third-order valence-corrected chi connectivity index (χ3v) is 1.96. The molecule has 0 amide bonds. The maximum atomic E-state index is 3.82. The SMILES string of the molecule is C=C/C(CCCC)=C(\C=C)NCC. The summed E-state index contributed by atoms with van der Waals surface area (Å²) in [6, 6.07) is 0. The molecule has 0 radical (unpaired) electrons. The first-order valence-corrected chi connectivity index (χ1v) is 5.02. The van der Waals surface area contributed by atoms with Gasteiger partial charge in [-0.1, -0.05) is 32.6 Å². The molecule has 0 saturated heterocycles. The van der Waals surface area contributed by atoms with Crippen LogP contribution in [0, 0.1) is 0 Å². The Morgan fingerprint density at radius 3 is 2.31 bits per heavy atom. The van der Waals surface area contributed by atoms with E-state index < -0.39 is 0 Å². The Balaban J connectivity index is 4.40. The molecule has 1 nitrogen and oxygen atoms in total. The first kappa shape index (κ1) is 12.0. The van der Waals surface area contributed by atoms with E-state index in [0.717, 1.165) is 18.7 Å². The molecule has 0 rings (SSSR count). The second kappa shape index (κ2) is 7.66. The standard InChI is InChI=1S/C12H21N/c1-5-9-10-11(6-2)12(7-3)13-8-4/h6-7,13H,2-3,5,8-10H2,1,4H3/b12-11-. The summed E-state index contributed by atoms with van der Waals surface area (Å²) in [5.74, 6) is 0. The fraction of sp³-hybridized carbons (Fsp3) is 0.500. The van der Waals surface area contributed by atoms with Crippen molar-refractivity contribution >= 4 is 0 Å². The summed E-state index contributed by atoms with van der Waals surface area (Å²) in [5.41, 5.74) is 2.41. The predicted molar refractivity (Wildman–Crippen MR) is 60.6 cm³/mol. The van der Waals surface area contributed by atoms with E-state index in [1.54, 1.807) is 0 Å². The summed E-state index contributed by atoms with van der Waals surface area (Å²) in [5, 5.41) is 3.28. The zero-order valence-electron chi connectivity index (χ0n) is 8.90. The van der Waals surface area contributed by atoms with Crippen molar-refractivity contribution in [2.45, 2.75) is 33.1 Å². The Morgan fingerprint density at radius 2 is 1.92 bits per heavy atom. The van der Waals surface area contributed by atoms with Crippen molar-refractivity contribution in [1.29, 1.82) is 0 Å². The molecule has 74 valence electrons. The molecule has 0 unspecified atom stereocenters. The maximum absolute atomic E-state index is 3.82. The highest BCUT2D eigenvalue weighted by atomic mass is 14.9. The number of allylic oxidation sites excluding steroid dienone is 3. The molecule has 0 bridgehead atoms. The topological polar surface area (TPSA) is 12.0 Å². The summed E-state index contributed by atoms with van der Waals surface area (Å²) in [6.45, 7) is 12.8. The van der Waals surface area contributed by atoms with Gasteiger partial charge in [0.1, 0.15) is 0 Å². The van der Waals surface area contributed by atoms with Gasteiger partial charge in [0.15, 0.2) is 0 Å². The Kier molecular flexibility index (Phi) is 7.08. The van der Waals surface area contributed by atoms with Crippen molar-refractivity contribution in [3.63, 3.8) is 0 Å². The van der Waals surface area contributed by atoms with Gasteiger partial charge in [0.05, 0.1) is 0 Å². The summed E-state index contributed by atoms with van der Waals surface area (Å²) < 4.78 is 0. The van der Waals surface area contributed by atoms with Crippen molar-refractivity contribution in [2.24, 2.45) is 0 Å². The van der Waals surface area contributed by atoms with Crippen LogP contribution in [0.25, 0.3) is 0 Å². The van der Waals surface area contributed by atoms with Crippen molar-refractivity contribution < 1.29 is 0 Å². The average molecular weight is 179 g/mol. The molecule has 0 aromatic carbocycles. The first-order chi connectivity index (χ1) is 6.29. The fourth-order valence-corrected chi connectivity index (χ4v) is 1.22. The van der Waals surface area contributed by atoms with Crippen LogP contribution < -0.4 is 5.32 Å². The van der Waals surface area contributed by atoms with Crippen LogP contribution in [0.15, 0.2) is 36.6 Å². The molecule has 0 aromatic rings. The van der Waals surface area contributed by atoms with E-state index in [2.05, 4.69) is 32.3 Å².